The molecule has 0 saturated carbocycles. The van der Waals surface area contributed by atoms with Crippen LogP contribution in [0.5, 0.6) is 0 Å². The summed E-state index contributed by atoms with van der Waals surface area (Å²) >= 11 is 0. The van der Waals surface area contributed by atoms with Gasteiger partial charge in [-0.05, 0) is 17.5 Å². The van der Waals surface area contributed by atoms with E-state index >= 15 is 0 Å². The molecule has 0 aliphatic rings. The molecule has 3 nitrogen and oxygen atoms in total. The predicted molar refractivity (Wildman–Crippen MR) is 112 cm³/mol. The van der Waals surface area contributed by atoms with Gasteiger partial charge in [0, 0.05) is 0 Å². The predicted octanol–water partition coefficient (Wildman–Crippen LogP) is 6.88. The second-order valence-electron chi connectivity index (χ2n) is 6.32. The van der Waals surface area contributed by atoms with Crippen LogP contribution in [0.15, 0.2) is 60.7 Å². The molecule has 1 atom stereocenters. The van der Waals surface area contributed by atoms with E-state index in [1.165, 1.54) is 49.7 Å². The van der Waals surface area contributed by atoms with E-state index in [0.717, 1.165) is 12.8 Å². The summed E-state index contributed by atoms with van der Waals surface area (Å²) in [6.07, 6.45) is 9.83. The first-order valence-electron chi connectivity index (χ1n) is 9.70. The Kier molecular flexibility index (Phi) is 13.8. The van der Waals surface area contributed by atoms with Crippen LogP contribution in [0.2, 0.25) is 0 Å². The van der Waals surface area contributed by atoms with Gasteiger partial charge in [0.2, 0.25) is 0 Å². The molecule has 0 bridgehead atoms. The van der Waals surface area contributed by atoms with Gasteiger partial charge in [-0.1, -0.05) is 113 Å². The van der Waals surface area contributed by atoms with Gasteiger partial charge in [0.15, 0.2) is 0 Å². The van der Waals surface area contributed by atoms with E-state index in [0.29, 0.717) is 6.61 Å². The first-order valence-corrected chi connectivity index (χ1v) is 11.0. The Morgan fingerprint density at radius 1 is 0.731 bits per heavy atom. The second-order valence-corrected chi connectivity index (χ2v) is 7.14. The van der Waals surface area contributed by atoms with Crippen molar-refractivity contribution in [1.82, 2.24) is 0 Å². The summed E-state index contributed by atoms with van der Waals surface area (Å²) in [5.41, 5.74) is 2.55. The summed E-state index contributed by atoms with van der Waals surface area (Å²) in [6, 6.07) is 20.8. The van der Waals surface area contributed by atoms with Crippen LogP contribution in [0.3, 0.4) is 0 Å². The van der Waals surface area contributed by atoms with E-state index in [2.05, 4.69) is 60.0 Å². The third-order valence-corrected chi connectivity index (χ3v) is 4.56. The van der Waals surface area contributed by atoms with Gasteiger partial charge in [0.05, 0.1) is 6.61 Å². The first-order chi connectivity index (χ1) is 12.7. The average Bonchev–Trinajstić information content (AvgIpc) is 2.68. The Hall–Kier alpha value is -1.41. The first kappa shape index (κ1) is 22.6. The van der Waals surface area contributed by atoms with Crippen LogP contribution < -0.4 is 0 Å². The van der Waals surface area contributed by atoms with Crippen molar-refractivity contribution in [2.75, 3.05) is 6.61 Å². The molecule has 0 amide bonds. The highest BCUT2D eigenvalue weighted by molar-refractivity contribution is 7.32. The van der Waals surface area contributed by atoms with Crippen molar-refractivity contribution in [3.05, 3.63) is 60.7 Å². The van der Waals surface area contributed by atoms with Crippen LogP contribution in [-0.2, 0) is 9.09 Å². The van der Waals surface area contributed by atoms with Crippen molar-refractivity contribution in [2.24, 2.45) is 0 Å². The molecule has 0 aliphatic carbocycles. The molecule has 2 rings (SSSR count). The van der Waals surface area contributed by atoms with Gasteiger partial charge in [-0.3, -0.25) is 4.57 Å². The van der Waals surface area contributed by atoms with Crippen molar-refractivity contribution < 1.29 is 14.0 Å². The van der Waals surface area contributed by atoms with Gasteiger partial charge < -0.3 is 9.42 Å². The lowest BCUT2D eigenvalue weighted by molar-refractivity contribution is 0.273. The maximum Gasteiger partial charge on any atom is 0.316 e. The number of unbranched alkanes of at least 4 members (excludes halogenated alkanes) is 7. The lowest BCUT2D eigenvalue weighted by atomic mass is 10.1. The lowest BCUT2D eigenvalue weighted by Crippen LogP contribution is -1.87. The van der Waals surface area contributed by atoms with E-state index in [1.807, 2.05) is 12.1 Å². The lowest BCUT2D eigenvalue weighted by Gasteiger charge is -2.01. The molecule has 0 aromatic heterocycles. The Morgan fingerprint density at radius 2 is 1.15 bits per heavy atom. The smallest absolute Gasteiger partial charge is 0.316 e. The fourth-order valence-electron chi connectivity index (χ4n) is 2.66. The Bertz CT molecular complexity index is 535. The summed E-state index contributed by atoms with van der Waals surface area (Å²) in [6.45, 7) is 2.65. The minimum absolute atomic E-state index is 0.434. The van der Waals surface area contributed by atoms with Crippen LogP contribution >= 0.6 is 8.25 Å². The SMILES string of the molecule is CCCCCCCCCCO[PH](=O)O.c1ccc(-c2ccccc2)cc1. The maximum atomic E-state index is 10.2. The standard InChI is InChI=1S/C12H10.C10H23O3P/c1-3-7-11(8-4-1)12-9-5-2-6-10-12;1-2-3-4-5-6-7-8-9-10-13-14(11)12/h1-10H;14H,2-10H2,1H3,(H,11,12). The number of hydrogen-bond donors (Lipinski definition) is 1. The maximum absolute atomic E-state index is 10.2. The van der Waals surface area contributed by atoms with Gasteiger partial charge in [0.25, 0.3) is 0 Å². The third kappa shape index (κ3) is 12.0. The normalized spacial score (nSPS) is 11.5. The zero-order valence-corrected chi connectivity index (χ0v) is 16.9. The van der Waals surface area contributed by atoms with Crippen LogP contribution in [-0.4, -0.2) is 11.5 Å². The monoisotopic (exact) mass is 376 g/mol. The van der Waals surface area contributed by atoms with Crippen molar-refractivity contribution >= 4 is 8.25 Å². The minimum Gasteiger partial charge on any atom is -0.326 e. The minimum atomic E-state index is -2.69. The van der Waals surface area contributed by atoms with Crippen molar-refractivity contribution in [3.8, 4) is 11.1 Å². The molecule has 0 radical (unpaired) electrons. The van der Waals surface area contributed by atoms with E-state index in [-0.39, 0.29) is 0 Å². The summed E-state index contributed by atoms with van der Waals surface area (Å²) < 4.78 is 14.8. The molecule has 0 aliphatic heterocycles. The molecule has 4 heteroatoms. The molecule has 0 fully saturated rings. The zero-order valence-electron chi connectivity index (χ0n) is 15.9. The van der Waals surface area contributed by atoms with Crippen LogP contribution in [0.25, 0.3) is 11.1 Å². The van der Waals surface area contributed by atoms with Crippen molar-refractivity contribution in [1.29, 1.82) is 0 Å². The van der Waals surface area contributed by atoms with E-state index in [4.69, 9.17) is 4.89 Å². The fourth-order valence-corrected chi connectivity index (χ4v) is 2.98. The average molecular weight is 376 g/mol. The molecule has 1 N–H and O–H groups in total. The Balaban J connectivity index is 0.000000262. The molecule has 2 aromatic rings. The second kappa shape index (κ2) is 15.8. The van der Waals surface area contributed by atoms with Crippen LogP contribution in [0.4, 0.5) is 0 Å². The van der Waals surface area contributed by atoms with Gasteiger partial charge in [-0.25, -0.2) is 0 Å². The van der Waals surface area contributed by atoms with E-state index in [9.17, 15) is 4.57 Å². The van der Waals surface area contributed by atoms with Gasteiger partial charge in [-0.15, -0.1) is 0 Å². The van der Waals surface area contributed by atoms with E-state index in [1.54, 1.807) is 0 Å². The molecule has 2 aromatic carbocycles. The van der Waals surface area contributed by atoms with Gasteiger partial charge in [-0.2, -0.15) is 0 Å². The summed E-state index contributed by atoms with van der Waals surface area (Å²) in [5, 5.41) is 0. The molecular formula is C22H33O3P. The van der Waals surface area contributed by atoms with Crippen LogP contribution in [0, 0.1) is 0 Å². The molecule has 1 unspecified atom stereocenters. The largest absolute Gasteiger partial charge is 0.326 e. The number of benzene rings is 2. The molecule has 0 saturated heterocycles. The topological polar surface area (TPSA) is 46.5 Å². The summed E-state index contributed by atoms with van der Waals surface area (Å²) in [4.78, 5) is 8.38. The molecule has 0 heterocycles. The fraction of sp³-hybridized carbons (Fsp3) is 0.455. The molecule has 144 valence electrons. The van der Waals surface area contributed by atoms with Crippen molar-refractivity contribution in [3.63, 3.8) is 0 Å². The Morgan fingerprint density at radius 3 is 1.58 bits per heavy atom. The quantitative estimate of drug-likeness (QED) is 0.343. The Labute approximate surface area is 159 Å². The molecule has 26 heavy (non-hydrogen) atoms. The highest BCUT2D eigenvalue weighted by atomic mass is 31.1. The third-order valence-electron chi connectivity index (χ3n) is 4.10. The zero-order chi connectivity index (χ0) is 18.9. The van der Waals surface area contributed by atoms with Gasteiger partial charge >= 0.3 is 8.25 Å². The molecule has 0 spiro atoms. The summed E-state index contributed by atoms with van der Waals surface area (Å²) in [7, 11) is -2.69. The molecular weight excluding hydrogens is 343 g/mol. The summed E-state index contributed by atoms with van der Waals surface area (Å²) in [5.74, 6) is 0. The van der Waals surface area contributed by atoms with Crippen molar-refractivity contribution in [2.45, 2.75) is 58.3 Å². The number of rotatable bonds is 11. The highest BCUT2D eigenvalue weighted by Crippen LogP contribution is 2.17. The van der Waals surface area contributed by atoms with E-state index < -0.39 is 8.25 Å². The van der Waals surface area contributed by atoms with Crippen LogP contribution in [0.1, 0.15) is 58.3 Å². The highest BCUT2D eigenvalue weighted by Gasteiger charge is 1.94. The van der Waals surface area contributed by atoms with Gasteiger partial charge in [0.1, 0.15) is 0 Å². The number of hydrogen-bond acceptors (Lipinski definition) is 2.